The molecule has 0 aromatic carbocycles. The van der Waals surface area contributed by atoms with Crippen LogP contribution in [0.5, 0.6) is 0 Å². The summed E-state index contributed by atoms with van der Waals surface area (Å²) in [6, 6.07) is 0. The largest absolute Gasteiger partial charge is 0.463 e. The Kier molecular flexibility index (Phi) is 20.3. The minimum atomic E-state index is -0.262. The number of aliphatic hydroxyl groups excluding tert-OH is 2. The van der Waals surface area contributed by atoms with Gasteiger partial charge < -0.3 is 29.2 Å². The fourth-order valence-corrected chi connectivity index (χ4v) is 0.720. The molecule has 0 saturated heterocycles. The van der Waals surface area contributed by atoms with E-state index in [-0.39, 0.29) is 19.2 Å². The lowest BCUT2D eigenvalue weighted by Crippen LogP contribution is -2.09. The van der Waals surface area contributed by atoms with Crippen LogP contribution in [0.1, 0.15) is 6.92 Å². The molecule has 0 fully saturated rings. The Hall–Kier alpha value is -0.730. The first-order valence-corrected chi connectivity index (χ1v) is 5.68. The molecule has 0 spiro atoms. The number of methoxy groups -OCH3 is 1. The van der Waals surface area contributed by atoms with Gasteiger partial charge in [0, 0.05) is 14.0 Å². The highest BCUT2D eigenvalue weighted by atomic mass is 16.6. The van der Waals surface area contributed by atoms with Crippen LogP contribution in [0, 0.1) is 0 Å². The zero-order valence-electron chi connectivity index (χ0n) is 11.1. The molecule has 7 heteroatoms. The van der Waals surface area contributed by atoms with Crippen molar-refractivity contribution in [2.24, 2.45) is 0 Å². The van der Waals surface area contributed by atoms with E-state index in [2.05, 4.69) is 9.47 Å². The van der Waals surface area contributed by atoms with Crippen molar-refractivity contribution in [2.75, 3.05) is 60.0 Å². The van der Waals surface area contributed by atoms with Gasteiger partial charge in [0.1, 0.15) is 6.61 Å². The number of aliphatic hydroxyl groups is 2. The predicted octanol–water partition coefficient (Wildman–Crippen LogP) is -0.800. The molecule has 0 amide bonds. The fourth-order valence-electron chi connectivity index (χ4n) is 0.720. The van der Waals surface area contributed by atoms with Gasteiger partial charge in [-0.2, -0.15) is 0 Å². The van der Waals surface area contributed by atoms with Crippen molar-refractivity contribution in [3.63, 3.8) is 0 Å². The molecule has 110 valence electrons. The lowest BCUT2D eigenvalue weighted by atomic mass is 10.7. The third kappa shape index (κ3) is 24.5. The Labute approximate surface area is 108 Å². The third-order valence-electron chi connectivity index (χ3n) is 1.44. The van der Waals surface area contributed by atoms with Crippen LogP contribution in [-0.2, 0) is 23.7 Å². The van der Waals surface area contributed by atoms with Crippen LogP contribution in [0.2, 0.25) is 0 Å². The summed E-state index contributed by atoms with van der Waals surface area (Å²) in [5.74, 6) is -0.262. The van der Waals surface area contributed by atoms with Crippen molar-refractivity contribution >= 4 is 5.97 Å². The van der Waals surface area contributed by atoms with Gasteiger partial charge in [-0.3, -0.25) is 4.79 Å². The minimum absolute atomic E-state index is 0.0417. The molecule has 0 atom stereocenters. The lowest BCUT2D eigenvalue weighted by molar-refractivity contribution is -0.142. The number of hydrogen-bond acceptors (Lipinski definition) is 7. The van der Waals surface area contributed by atoms with Crippen LogP contribution in [0.3, 0.4) is 0 Å². The third-order valence-corrected chi connectivity index (χ3v) is 1.44. The molecule has 0 radical (unpaired) electrons. The van der Waals surface area contributed by atoms with E-state index in [4.69, 9.17) is 19.7 Å². The van der Waals surface area contributed by atoms with E-state index in [1.165, 1.54) is 6.92 Å². The fraction of sp³-hybridized carbons (Fsp3) is 0.909. The van der Waals surface area contributed by atoms with Crippen LogP contribution in [0.25, 0.3) is 0 Å². The van der Waals surface area contributed by atoms with Gasteiger partial charge in [0.25, 0.3) is 0 Å². The second kappa shape index (κ2) is 18.6. The summed E-state index contributed by atoms with van der Waals surface area (Å²) in [7, 11) is 1.56. The van der Waals surface area contributed by atoms with Gasteiger partial charge in [0.2, 0.25) is 0 Å². The second-order valence-corrected chi connectivity index (χ2v) is 3.00. The summed E-state index contributed by atoms with van der Waals surface area (Å²) in [6.07, 6.45) is 0. The minimum Gasteiger partial charge on any atom is -0.463 e. The molecular formula is C11H24O7. The van der Waals surface area contributed by atoms with Crippen LogP contribution in [-0.4, -0.2) is 76.1 Å². The Bertz CT molecular complexity index is 155. The monoisotopic (exact) mass is 268 g/mol. The SMILES string of the molecule is COCCOC(C)=O.OCCOCCOCCO. The standard InChI is InChI=1S/C6H14O4.C5H10O3/c7-1-3-9-5-6-10-4-2-8;1-5(6)8-4-3-7-2/h7-8H,1-6H2;3-4H2,1-2H3. The summed E-state index contributed by atoms with van der Waals surface area (Å²) >= 11 is 0. The molecule has 0 heterocycles. The highest BCUT2D eigenvalue weighted by Gasteiger charge is 1.88. The van der Waals surface area contributed by atoms with Gasteiger partial charge in [0.05, 0.1) is 46.2 Å². The molecule has 0 aliphatic carbocycles. The smallest absolute Gasteiger partial charge is 0.302 e. The first-order chi connectivity index (χ1) is 8.68. The van der Waals surface area contributed by atoms with E-state index in [0.717, 1.165) is 0 Å². The molecule has 0 aromatic heterocycles. The number of esters is 1. The van der Waals surface area contributed by atoms with Gasteiger partial charge in [-0.25, -0.2) is 0 Å². The van der Waals surface area contributed by atoms with Crippen molar-refractivity contribution in [3.8, 4) is 0 Å². The molecule has 0 bridgehead atoms. The first kappa shape index (κ1) is 19.6. The van der Waals surface area contributed by atoms with Crippen LogP contribution in [0.15, 0.2) is 0 Å². The molecule has 0 rings (SSSR count). The molecule has 18 heavy (non-hydrogen) atoms. The highest BCUT2D eigenvalue weighted by Crippen LogP contribution is 1.76. The van der Waals surface area contributed by atoms with Crippen LogP contribution in [0.4, 0.5) is 0 Å². The summed E-state index contributed by atoms with van der Waals surface area (Å²) in [5.41, 5.74) is 0. The predicted molar refractivity (Wildman–Crippen MR) is 64.3 cm³/mol. The van der Waals surface area contributed by atoms with Gasteiger partial charge in [-0.05, 0) is 0 Å². The summed E-state index contributed by atoms with van der Waals surface area (Å²) in [6.45, 7) is 3.92. The molecular weight excluding hydrogens is 244 g/mol. The average molecular weight is 268 g/mol. The zero-order valence-corrected chi connectivity index (χ0v) is 11.1. The normalized spacial score (nSPS) is 9.56. The van der Waals surface area contributed by atoms with E-state index in [1.54, 1.807) is 7.11 Å². The maximum absolute atomic E-state index is 10.0. The molecule has 0 aromatic rings. The molecule has 0 aliphatic rings. The van der Waals surface area contributed by atoms with Gasteiger partial charge >= 0.3 is 5.97 Å². The van der Waals surface area contributed by atoms with E-state index >= 15 is 0 Å². The number of hydrogen-bond donors (Lipinski definition) is 2. The highest BCUT2D eigenvalue weighted by molar-refractivity contribution is 5.65. The van der Waals surface area contributed by atoms with Gasteiger partial charge in [-0.15, -0.1) is 0 Å². The number of carbonyl (C=O) groups excluding carboxylic acids is 1. The molecule has 0 unspecified atom stereocenters. The zero-order chi connectivity index (χ0) is 14.1. The Morgan fingerprint density at radius 3 is 1.72 bits per heavy atom. The van der Waals surface area contributed by atoms with Crippen molar-refractivity contribution in [3.05, 3.63) is 0 Å². The first-order valence-electron chi connectivity index (χ1n) is 5.68. The molecule has 2 N–H and O–H groups in total. The maximum atomic E-state index is 10.0. The quantitative estimate of drug-likeness (QED) is 0.395. The summed E-state index contributed by atoms with van der Waals surface area (Å²) in [5, 5.41) is 16.5. The van der Waals surface area contributed by atoms with E-state index < -0.39 is 0 Å². The number of carbonyl (C=O) groups is 1. The Morgan fingerprint density at radius 2 is 1.39 bits per heavy atom. The van der Waals surface area contributed by atoms with E-state index in [0.29, 0.717) is 39.6 Å². The van der Waals surface area contributed by atoms with Crippen molar-refractivity contribution in [2.45, 2.75) is 6.92 Å². The molecule has 0 aliphatic heterocycles. The van der Waals surface area contributed by atoms with Crippen molar-refractivity contribution < 1.29 is 34.0 Å². The van der Waals surface area contributed by atoms with Gasteiger partial charge in [-0.1, -0.05) is 0 Å². The average Bonchev–Trinajstić information content (AvgIpc) is 2.34. The van der Waals surface area contributed by atoms with Crippen LogP contribution >= 0.6 is 0 Å². The maximum Gasteiger partial charge on any atom is 0.302 e. The van der Waals surface area contributed by atoms with Crippen LogP contribution < -0.4 is 0 Å². The van der Waals surface area contributed by atoms with Crippen molar-refractivity contribution in [1.29, 1.82) is 0 Å². The Balaban J connectivity index is 0. The lowest BCUT2D eigenvalue weighted by Gasteiger charge is -2.01. The number of rotatable bonds is 10. The number of ether oxygens (including phenoxy) is 4. The summed E-state index contributed by atoms with van der Waals surface area (Å²) < 4.78 is 18.9. The van der Waals surface area contributed by atoms with E-state index in [1.807, 2.05) is 0 Å². The Morgan fingerprint density at radius 1 is 0.889 bits per heavy atom. The van der Waals surface area contributed by atoms with Gasteiger partial charge in [0.15, 0.2) is 0 Å². The topological polar surface area (TPSA) is 94.5 Å². The van der Waals surface area contributed by atoms with Crippen molar-refractivity contribution in [1.82, 2.24) is 0 Å². The summed E-state index contributed by atoms with van der Waals surface area (Å²) in [4.78, 5) is 10.0. The van der Waals surface area contributed by atoms with E-state index in [9.17, 15) is 4.79 Å². The molecule has 7 nitrogen and oxygen atoms in total. The molecule has 0 saturated carbocycles. The second-order valence-electron chi connectivity index (χ2n) is 3.00.